The van der Waals surface area contributed by atoms with Gasteiger partial charge in [-0.25, -0.2) is 0 Å². The topological polar surface area (TPSA) is 60.2 Å². The maximum absolute atomic E-state index is 13.0. The first-order valence-electron chi connectivity index (χ1n) is 9.78. The Morgan fingerprint density at radius 1 is 1.20 bits per heavy atom. The van der Waals surface area contributed by atoms with Crippen molar-refractivity contribution in [3.05, 3.63) is 12.2 Å². The molecule has 3 heterocycles. The van der Waals surface area contributed by atoms with Gasteiger partial charge in [0.05, 0.1) is 12.0 Å². The van der Waals surface area contributed by atoms with Crippen LogP contribution in [-0.4, -0.2) is 51.4 Å². The molecule has 2 aliphatic heterocycles. The highest BCUT2D eigenvalue weighted by Gasteiger charge is 2.37. The van der Waals surface area contributed by atoms with Crippen molar-refractivity contribution < 1.29 is 9.53 Å². The third-order valence-corrected chi connectivity index (χ3v) is 5.67. The molecule has 0 spiro atoms. The van der Waals surface area contributed by atoms with Crippen LogP contribution >= 0.6 is 0 Å². The van der Waals surface area contributed by atoms with Crippen LogP contribution in [-0.2, 0) is 9.53 Å². The van der Waals surface area contributed by atoms with Gasteiger partial charge in [0.25, 0.3) is 0 Å². The fraction of sp³-hybridized carbons (Fsp3) is 0.842. The molecule has 2 fully saturated rings. The molecule has 6 nitrogen and oxygen atoms in total. The van der Waals surface area contributed by atoms with E-state index in [1.807, 2.05) is 6.33 Å². The van der Waals surface area contributed by atoms with Crippen molar-refractivity contribution in [2.45, 2.75) is 71.4 Å². The van der Waals surface area contributed by atoms with Crippen molar-refractivity contribution in [2.75, 3.05) is 19.7 Å². The van der Waals surface area contributed by atoms with Gasteiger partial charge in [-0.15, -0.1) is 10.2 Å². The number of hydrogen-bond acceptors (Lipinski definition) is 4. The van der Waals surface area contributed by atoms with Crippen LogP contribution in [0, 0.1) is 11.8 Å². The van der Waals surface area contributed by atoms with Crippen LogP contribution in [0.3, 0.4) is 0 Å². The maximum atomic E-state index is 13.0. The van der Waals surface area contributed by atoms with Gasteiger partial charge in [0, 0.05) is 31.7 Å². The molecule has 1 amide bonds. The van der Waals surface area contributed by atoms with Gasteiger partial charge in [-0.05, 0) is 45.4 Å². The van der Waals surface area contributed by atoms with E-state index in [0.29, 0.717) is 23.8 Å². The lowest BCUT2D eigenvalue weighted by atomic mass is 9.85. The van der Waals surface area contributed by atoms with Crippen LogP contribution in [0.5, 0.6) is 0 Å². The van der Waals surface area contributed by atoms with Crippen LogP contribution in [0.1, 0.15) is 71.2 Å². The van der Waals surface area contributed by atoms with Crippen molar-refractivity contribution >= 4 is 5.91 Å². The molecule has 2 atom stereocenters. The predicted octanol–water partition coefficient (Wildman–Crippen LogP) is 3.02. The molecule has 0 N–H and O–H groups in total. The Hall–Kier alpha value is -1.43. The van der Waals surface area contributed by atoms with Gasteiger partial charge in [-0.3, -0.25) is 4.79 Å². The average Bonchev–Trinajstić information content (AvgIpc) is 3.11. The minimum atomic E-state index is 0.0321. The number of carbonyl (C=O) groups excluding carboxylic acids is 1. The summed E-state index contributed by atoms with van der Waals surface area (Å²) in [7, 11) is 0. The molecule has 25 heavy (non-hydrogen) atoms. The summed E-state index contributed by atoms with van der Waals surface area (Å²) in [5.41, 5.74) is 0. The summed E-state index contributed by atoms with van der Waals surface area (Å²) in [4.78, 5) is 15.1. The maximum Gasteiger partial charge on any atom is 0.228 e. The Balaban J connectivity index is 1.61. The van der Waals surface area contributed by atoms with E-state index in [4.69, 9.17) is 4.74 Å². The smallest absolute Gasteiger partial charge is 0.228 e. The molecule has 2 saturated heterocycles. The van der Waals surface area contributed by atoms with Crippen molar-refractivity contribution in [2.24, 2.45) is 11.8 Å². The molecule has 2 aliphatic rings. The average molecular weight is 348 g/mol. The second-order valence-corrected chi connectivity index (χ2v) is 8.12. The monoisotopic (exact) mass is 348 g/mol. The molecular formula is C19H32N4O2. The summed E-state index contributed by atoms with van der Waals surface area (Å²) in [5, 5.41) is 8.44. The van der Waals surface area contributed by atoms with E-state index in [9.17, 15) is 4.79 Å². The van der Waals surface area contributed by atoms with E-state index in [2.05, 4.69) is 47.4 Å². The first kappa shape index (κ1) is 18.4. The molecule has 1 aromatic heterocycles. The largest absolute Gasteiger partial charge is 0.377 e. The summed E-state index contributed by atoms with van der Waals surface area (Å²) < 4.78 is 8.08. The highest BCUT2D eigenvalue weighted by Crippen LogP contribution is 2.32. The summed E-state index contributed by atoms with van der Waals surface area (Å²) in [6, 6.07) is 0.371. The number of nitrogens with zero attached hydrogens (tertiary/aromatic N) is 4. The molecule has 0 bridgehead atoms. The molecule has 0 saturated carbocycles. The van der Waals surface area contributed by atoms with E-state index in [-0.39, 0.29) is 12.0 Å². The molecule has 0 aromatic carbocycles. The quantitative estimate of drug-likeness (QED) is 0.839. The van der Waals surface area contributed by atoms with Gasteiger partial charge < -0.3 is 14.2 Å². The first-order valence-corrected chi connectivity index (χ1v) is 9.78. The number of piperidine rings is 1. The summed E-state index contributed by atoms with van der Waals surface area (Å²) >= 11 is 0. The van der Waals surface area contributed by atoms with Gasteiger partial charge >= 0.3 is 0 Å². The highest BCUT2D eigenvalue weighted by atomic mass is 16.5. The molecular weight excluding hydrogens is 316 g/mol. The molecule has 3 rings (SSSR count). The Morgan fingerprint density at radius 3 is 2.56 bits per heavy atom. The Bertz CT molecular complexity index is 576. The van der Waals surface area contributed by atoms with E-state index >= 15 is 0 Å². The normalized spacial score (nSPS) is 25.8. The van der Waals surface area contributed by atoms with Gasteiger partial charge in [-0.2, -0.15) is 0 Å². The molecule has 0 radical (unpaired) electrons. The number of ether oxygens (including phenoxy) is 1. The lowest BCUT2D eigenvalue weighted by molar-refractivity contribution is -0.148. The van der Waals surface area contributed by atoms with Gasteiger partial charge in [0.1, 0.15) is 12.2 Å². The third-order valence-electron chi connectivity index (χ3n) is 5.67. The number of amides is 1. The fourth-order valence-corrected chi connectivity index (χ4v) is 4.26. The zero-order valence-electron chi connectivity index (χ0n) is 16.0. The number of aromatic nitrogens is 3. The third kappa shape index (κ3) is 3.89. The second-order valence-electron chi connectivity index (χ2n) is 8.12. The lowest BCUT2D eigenvalue weighted by Crippen LogP contribution is -2.48. The van der Waals surface area contributed by atoms with E-state index in [1.165, 1.54) is 0 Å². The number of likely N-dealkylation sites (tertiary alicyclic amines) is 1. The molecule has 0 unspecified atom stereocenters. The zero-order valence-corrected chi connectivity index (χ0v) is 16.0. The Kier molecular flexibility index (Phi) is 5.77. The minimum Gasteiger partial charge on any atom is -0.377 e. The molecule has 140 valence electrons. The van der Waals surface area contributed by atoms with Crippen LogP contribution in [0.25, 0.3) is 0 Å². The molecule has 6 heteroatoms. The Labute approximate surface area is 150 Å². The second kappa shape index (κ2) is 7.85. The fourth-order valence-electron chi connectivity index (χ4n) is 4.26. The lowest BCUT2D eigenvalue weighted by Gasteiger charge is -2.39. The standard InChI is InChI=1S/C19H32N4O2/c1-13(2)17-16(6-5-11-25-17)19(24)22-9-7-15(8-10-22)18-21-20-12-23(18)14(3)4/h12-17H,5-11H2,1-4H3/t16-,17-/m0/s1. The summed E-state index contributed by atoms with van der Waals surface area (Å²) in [5.74, 6) is 2.18. The van der Waals surface area contributed by atoms with Gasteiger partial charge in [0.2, 0.25) is 5.91 Å². The summed E-state index contributed by atoms with van der Waals surface area (Å²) in [6.45, 7) is 11.0. The number of carbonyl (C=O) groups is 1. The van der Waals surface area contributed by atoms with Crippen LogP contribution in [0.15, 0.2) is 6.33 Å². The van der Waals surface area contributed by atoms with Crippen molar-refractivity contribution in [1.82, 2.24) is 19.7 Å². The van der Waals surface area contributed by atoms with Crippen LogP contribution in [0.4, 0.5) is 0 Å². The van der Waals surface area contributed by atoms with E-state index in [0.717, 1.165) is 51.2 Å². The Morgan fingerprint density at radius 2 is 1.92 bits per heavy atom. The van der Waals surface area contributed by atoms with Gasteiger partial charge in [-0.1, -0.05) is 13.8 Å². The predicted molar refractivity (Wildman–Crippen MR) is 96.3 cm³/mol. The van der Waals surface area contributed by atoms with Crippen molar-refractivity contribution in [3.63, 3.8) is 0 Å². The van der Waals surface area contributed by atoms with Crippen LogP contribution < -0.4 is 0 Å². The van der Waals surface area contributed by atoms with E-state index in [1.54, 1.807) is 0 Å². The van der Waals surface area contributed by atoms with Crippen molar-refractivity contribution in [3.8, 4) is 0 Å². The molecule has 0 aliphatic carbocycles. The number of rotatable bonds is 4. The first-order chi connectivity index (χ1) is 12.0. The minimum absolute atomic E-state index is 0.0321. The van der Waals surface area contributed by atoms with Crippen LogP contribution in [0.2, 0.25) is 0 Å². The highest BCUT2D eigenvalue weighted by molar-refractivity contribution is 5.79. The SMILES string of the molecule is CC(C)[C@@H]1OCCC[C@@H]1C(=O)N1CCC(c2nncn2C(C)C)CC1. The van der Waals surface area contributed by atoms with E-state index < -0.39 is 0 Å². The van der Waals surface area contributed by atoms with Gasteiger partial charge in [0.15, 0.2) is 0 Å². The van der Waals surface area contributed by atoms with Crippen molar-refractivity contribution in [1.29, 1.82) is 0 Å². The number of hydrogen-bond donors (Lipinski definition) is 0. The summed E-state index contributed by atoms with van der Waals surface area (Å²) in [6.07, 6.45) is 5.79. The zero-order chi connectivity index (χ0) is 18.0. The molecule has 1 aromatic rings.